The van der Waals surface area contributed by atoms with E-state index < -0.39 is 11.6 Å². The number of phenolic OH excluding ortho intramolecular Hbond substituents is 1. The van der Waals surface area contributed by atoms with Crippen LogP contribution in [0.4, 0.5) is 14.6 Å². The van der Waals surface area contributed by atoms with Crippen molar-refractivity contribution in [2.75, 3.05) is 50.8 Å². The lowest BCUT2D eigenvalue weighted by Gasteiger charge is -2.35. The van der Waals surface area contributed by atoms with Crippen LogP contribution in [-0.4, -0.2) is 82.5 Å². The average Bonchev–Trinajstić information content (AvgIpc) is 3.53. The third-order valence-corrected chi connectivity index (χ3v) is 9.57. The van der Waals surface area contributed by atoms with Gasteiger partial charge in [-0.1, -0.05) is 17.7 Å². The van der Waals surface area contributed by atoms with E-state index in [2.05, 4.69) is 25.1 Å². The third kappa shape index (κ3) is 3.97. The van der Waals surface area contributed by atoms with Gasteiger partial charge in [0.25, 0.3) is 0 Å². The van der Waals surface area contributed by atoms with Crippen molar-refractivity contribution in [2.45, 2.75) is 37.3 Å². The number of aromatic nitrogens is 3. The molecule has 0 saturated carbocycles. The van der Waals surface area contributed by atoms with Crippen molar-refractivity contribution in [3.63, 3.8) is 0 Å². The number of benzene rings is 2. The van der Waals surface area contributed by atoms with Gasteiger partial charge < -0.3 is 24.8 Å². The van der Waals surface area contributed by atoms with Crippen LogP contribution in [0.15, 0.2) is 24.3 Å². The van der Waals surface area contributed by atoms with E-state index in [9.17, 15) is 5.11 Å². The molecule has 1 atom stereocenters. The zero-order chi connectivity index (χ0) is 28.6. The van der Waals surface area contributed by atoms with Crippen LogP contribution in [0.2, 0.25) is 5.02 Å². The number of ether oxygens (including phenoxy) is 2. The number of phenols is 1. The molecule has 4 aliphatic heterocycles. The molecular formula is C30H29ClF2N6O3. The Labute approximate surface area is 245 Å². The zero-order valence-electron chi connectivity index (χ0n) is 22.8. The summed E-state index contributed by atoms with van der Waals surface area (Å²) in [4.78, 5) is 18.6. The first-order valence-electron chi connectivity index (χ1n) is 14.4. The summed E-state index contributed by atoms with van der Waals surface area (Å²) < 4.78 is 44.6. The number of rotatable bonds is 4. The maximum absolute atomic E-state index is 16.7. The first-order valence-corrected chi connectivity index (χ1v) is 14.8. The molecule has 0 bridgehead atoms. The molecule has 8 rings (SSSR count). The molecule has 3 fully saturated rings. The summed E-state index contributed by atoms with van der Waals surface area (Å²) in [6, 6.07) is 5.66. The Balaban J connectivity index is 1.33. The largest absolute Gasteiger partial charge is 0.508 e. The second-order valence-corrected chi connectivity index (χ2v) is 12.1. The first-order chi connectivity index (χ1) is 20.4. The van der Waals surface area contributed by atoms with Gasteiger partial charge in [0.15, 0.2) is 5.82 Å². The molecule has 6 heterocycles. The summed E-state index contributed by atoms with van der Waals surface area (Å²) in [5.74, 6) is -1.03. The van der Waals surface area contributed by atoms with Crippen LogP contribution >= 0.6 is 11.6 Å². The van der Waals surface area contributed by atoms with E-state index in [1.165, 1.54) is 18.2 Å². The van der Waals surface area contributed by atoms with E-state index in [4.69, 9.17) is 26.1 Å². The number of hydrogen-bond acceptors (Lipinski definition) is 9. The monoisotopic (exact) mass is 594 g/mol. The SMILES string of the molecule is Oc1cc(-c2nc3c4c(nc(OCC56CCCN5CCC6)nc4c2F)N2CCNC[C@H]2CO3)c2c(F)c(Cl)ccc2c1. The smallest absolute Gasteiger partial charge is 0.319 e. The lowest BCUT2D eigenvalue weighted by molar-refractivity contribution is 0.108. The molecule has 2 aromatic carbocycles. The predicted molar refractivity (Wildman–Crippen MR) is 155 cm³/mol. The van der Waals surface area contributed by atoms with Gasteiger partial charge in [-0.3, -0.25) is 4.90 Å². The normalized spacial score (nSPS) is 21.3. The number of halogens is 3. The van der Waals surface area contributed by atoms with Crippen molar-refractivity contribution in [3.8, 4) is 28.9 Å². The van der Waals surface area contributed by atoms with Crippen LogP contribution in [0.3, 0.4) is 0 Å². The summed E-state index contributed by atoms with van der Waals surface area (Å²) in [5, 5.41) is 14.5. The second kappa shape index (κ2) is 9.75. The molecular weight excluding hydrogens is 566 g/mol. The summed E-state index contributed by atoms with van der Waals surface area (Å²) in [6.07, 6.45) is 4.34. The van der Waals surface area contributed by atoms with Crippen molar-refractivity contribution in [3.05, 3.63) is 40.9 Å². The zero-order valence-corrected chi connectivity index (χ0v) is 23.6. The molecule has 0 aliphatic carbocycles. The Morgan fingerprint density at radius 2 is 1.90 bits per heavy atom. The fourth-order valence-corrected chi connectivity index (χ4v) is 7.41. The van der Waals surface area contributed by atoms with Gasteiger partial charge in [-0.15, -0.1) is 0 Å². The van der Waals surface area contributed by atoms with Crippen molar-refractivity contribution >= 4 is 39.1 Å². The molecule has 0 unspecified atom stereocenters. The summed E-state index contributed by atoms with van der Waals surface area (Å²) >= 11 is 6.12. The Hall–Kier alpha value is -3.54. The lowest BCUT2D eigenvalue weighted by atomic mass is 9.95. The van der Waals surface area contributed by atoms with Crippen LogP contribution in [0.1, 0.15) is 25.7 Å². The van der Waals surface area contributed by atoms with Crippen LogP contribution in [-0.2, 0) is 0 Å². The Kier molecular flexibility index (Phi) is 6.06. The maximum Gasteiger partial charge on any atom is 0.319 e. The number of hydrogen-bond donors (Lipinski definition) is 2. The molecule has 3 saturated heterocycles. The number of fused-ring (bicyclic) bond motifs is 4. The van der Waals surface area contributed by atoms with Gasteiger partial charge in [-0.2, -0.15) is 9.97 Å². The standard InChI is InChI=1S/C30H29ClF2N6O3/c31-20-4-3-16-11-18(40)12-19(21(16)23(20)32)25-24(33)26-22-27(39-10-7-34-13-17(39)14-41-28(22)35-25)37-29(36-26)42-15-30-5-1-8-38(30)9-2-6-30/h3-4,11-12,17,34,40H,1-2,5-10,13-15H2/t17-/m0/s1. The highest BCUT2D eigenvalue weighted by Gasteiger charge is 2.45. The molecule has 42 heavy (non-hydrogen) atoms. The van der Waals surface area contributed by atoms with Crippen LogP contribution in [0.5, 0.6) is 17.6 Å². The fourth-order valence-electron chi connectivity index (χ4n) is 7.25. The molecule has 4 aromatic rings. The van der Waals surface area contributed by atoms with Gasteiger partial charge in [0.2, 0.25) is 5.88 Å². The summed E-state index contributed by atoms with van der Waals surface area (Å²) in [6.45, 7) is 4.84. The quantitative estimate of drug-likeness (QED) is 0.350. The van der Waals surface area contributed by atoms with E-state index >= 15 is 8.78 Å². The molecule has 0 spiro atoms. The van der Waals surface area contributed by atoms with Crippen molar-refractivity contribution in [2.24, 2.45) is 0 Å². The summed E-state index contributed by atoms with van der Waals surface area (Å²) in [5.41, 5.74) is -0.232. The third-order valence-electron chi connectivity index (χ3n) is 9.28. The fraction of sp³-hybridized carbons (Fsp3) is 0.433. The molecule has 4 aliphatic rings. The van der Waals surface area contributed by atoms with Gasteiger partial charge in [-0.25, -0.2) is 13.8 Å². The van der Waals surface area contributed by atoms with Gasteiger partial charge in [0.1, 0.15) is 47.2 Å². The van der Waals surface area contributed by atoms with Crippen molar-refractivity contribution < 1.29 is 23.4 Å². The van der Waals surface area contributed by atoms with E-state index in [1.807, 2.05) is 0 Å². The number of piperazine rings is 1. The molecule has 9 nitrogen and oxygen atoms in total. The Bertz CT molecular complexity index is 1750. The van der Waals surface area contributed by atoms with Crippen LogP contribution in [0.25, 0.3) is 32.9 Å². The van der Waals surface area contributed by atoms with E-state index in [0.29, 0.717) is 36.3 Å². The maximum atomic E-state index is 16.7. The van der Waals surface area contributed by atoms with Crippen LogP contribution in [0, 0.1) is 11.6 Å². The highest BCUT2D eigenvalue weighted by molar-refractivity contribution is 6.31. The van der Waals surface area contributed by atoms with E-state index in [1.54, 1.807) is 6.07 Å². The van der Waals surface area contributed by atoms with Gasteiger partial charge >= 0.3 is 6.01 Å². The number of nitrogens with zero attached hydrogens (tertiary/aromatic N) is 5. The van der Waals surface area contributed by atoms with Crippen molar-refractivity contribution in [1.29, 1.82) is 0 Å². The molecule has 218 valence electrons. The molecule has 12 heteroatoms. The topological polar surface area (TPSA) is 95.9 Å². The van der Waals surface area contributed by atoms with E-state index in [-0.39, 0.29) is 63.0 Å². The summed E-state index contributed by atoms with van der Waals surface area (Å²) in [7, 11) is 0. The Morgan fingerprint density at radius 1 is 1.07 bits per heavy atom. The van der Waals surface area contributed by atoms with E-state index in [0.717, 1.165) is 45.3 Å². The highest BCUT2D eigenvalue weighted by Crippen LogP contribution is 2.44. The minimum atomic E-state index is -0.785. The number of pyridine rings is 1. The average molecular weight is 595 g/mol. The minimum absolute atomic E-state index is 0.0275. The van der Waals surface area contributed by atoms with Gasteiger partial charge in [0, 0.05) is 30.6 Å². The predicted octanol–water partition coefficient (Wildman–Crippen LogP) is 4.66. The number of nitrogens with one attached hydrogen (secondary N) is 1. The highest BCUT2D eigenvalue weighted by atomic mass is 35.5. The molecule has 0 radical (unpaired) electrons. The number of aromatic hydroxyl groups is 1. The second-order valence-electron chi connectivity index (χ2n) is 11.7. The molecule has 0 amide bonds. The van der Waals surface area contributed by atoms with Crippen molar-refractivity contribution in [1.82, 2.24) is 25.2 Å². The van der Waals surface area contributed by atoms with Gasteiger partial charge in [-0.05, 0) is 62.4 Å². The Morgan fingerprint density at radius 3 is 2.74 bits per heavy atom. The molecule has 2 N–H and O–H groups in total. The minimum Gasteiger partial charge on any atom is -0.508 e. The van der Waals surface area contributed by atoms with Crippen LogP contribution < -0.4 is 19.7 Å². The molecule has 2 aromatic heterocycles. The first kappa shape index (κ1) is 26.1. The number of anilines is 1. The van der Waals surface area contributed by atoms with Gasteiger partial charge in [0.05, 0.1) is 16.6 Å². The lowest BCUT2D eigenvalue weighted by Crippen LogP contribution is -2.53.